The van der Waals surface area contributed by atoms with E-state index in [2.05, 4.69) is 0 Å². The fourth-order valence-electron chi connectivity index (χ4n) is 4.69. The van der Waals surface area contributed by atoms with Gasteiger partial charge >= 0.3 is 0 Å². The molecule has 134 valence electrons. The van der Waals surface area contributed by atoms with E-state index in [0.29, 0.717) is 15.9 Å². The molecule has 5 nitrogen and oxygen atoms in total. The summed E-state index contributed by atoms with van der Waals surface area (Å²) in [7, 11) is -1.77. The molecule has 7 heteroatoms. The van der Waals surface area contributed by atoms with Gasteiger partial charge in [-0.2, -0.15) is 16.1 Å². The zero-order valence-corrected chi connectivity index (χ0v) is 15.6. The van der Waals surface area contributed by atoms with E-state index in [4.69, 9.17) is 5.11 Å². The first kappa shape index (κ1) is 17.2. The third-order valence-corrected chi connectivity index (χ3v) is 8.48. The summed E-state index contributed by atoms with van der Waals surface area (Å²) in [5, 5.41) is 9.37. The Morgan fingerprint density at radius 1 is 1.16 bits per heavy atom. The molecule has 1 saturated heterocycles. The molecule has 1 aromatic carbocycles. The largest absolute Gasteiger partial charge is 0.396 e. The SMILES string of the molecule is Cc1ccc(S(=O)N2C(=O)C3C4CC(SCCO)C(C4)C3C2=O)cc1. The first-order valence-electron chi connectivity index (χ1n) is 8.61. The number of hydrogen-bond donors (Lipinski definition) is 1. The molecular weight excluding hydrogens is 358 g/mol. The van der Waals surface area contributed by atoms with Crippen LogP contribution in [0.3, 0.4) is 0 Å². The molecule has 4 rings (SSSR count). The summed E-state index contributed by atoms with van der Waals surface area (Å²) in [5.74, 6) is -0.102. The van der Waals surface area contributed by atoms with Gasteiger partial charge in [0.05, 0.1) is 23.3 Å². The minimum atomic E-state index is -1.77. The Kier molecular flexibility index (Phi) is 4.50. The molecule has 0 spiro atoms. The van der Waals surface area contributed by atoms with Crippen molar-refractivity contribution < 1.29 is 18.9 Å². The molecule has 1 aromatic rings. The third-order valence-electron chi connectivity index (χ3n) is 5.73. The molecule has 25 heavy (non-hydrogen) atoms. The topological polar surface area (TPSA) is 74.7 Å². The number of thioether (sulfide) groups is 1. The van der Waals surface area contributed by atoms with E-state index in [1.54, 1.807) is 23.9 Å². The second kappa shape index (κ2) is 6.52. The molecule has 3 aliphatic rings. The van der Waals surface area contributed by atoms with Crippen molar-refractivity contribution in [3.05, 3.63) is 29.8 Å². The molecule has 0 radical (unpaired) electrons. The normalized spacial score (nSPS) is 34.6. The summed E-state index contributed by atoms with van der Waals surface area (Å²) < 4.78 is 13.9. The number of carbonyl (C=O) groups is 2. The number of benzene rings is 1. The molecule has 6 atom stereocenters. The van der Waals surface area contributed by atoms with Crippen LogP contribution in [0.25, 0.3) is 0 Å². The van der Waals surface area contributed by atoms with Crippen molar-refractivity contribution in [2.75, 3.05) is 12.4 Å². The first-order chi connectivity index (χ1) is 12.0. The standard InChI is InChI=1S/C18H21NO4S2/c1-10-2-4-12(5-3-10)25(23)19-17(21)15-11-8-13(16(15)18(19)22)14(9-11)24-7-6-20/h2-5,11,13-16,20H,6-9H2,1H3. The van der Waals surface area contributed by atoms with Crippen molar-refractivity contribution in [3.8, 4) is 0 Å². The third kappa shape index (κ3) is 2.67. The van der Waals surface area contributed by atoms with Crippen molar-refractivity contribution in [1.82, 2.24) is 4.31 Å². The van der Waals surface area contributed by atoms with Crippen LogP contribution in [0.5, 0.6) is 0 Å². The van der Waals surface area contributed by atoms with Crippen molar-refractivity contribution in [2.45, 2.75) is 29.9 Å². The van der Waals surface area contributed by atoms with E-state index < -0.39 is 11.0 Å². The van der Waals surface area contributed by atoms with Gasteiger partial charge in [0.25, 0.3) is 0 Å². The van der Waals surface area contributed by atoms with Gasteiger partial charge in [-0.3, -0.25) is 9.59 Å². The van der Waals surface area contributed by atoms with Crippen molar-refractivity contribution >= 4 is 34.6 Å². The molecule has 1 N–H and O–H groups in total. The lowest BCUT2D eigenvalue weighted by Crippen LogP contribution is -2.35. The molecule has 0 aromatic heterocycles. The van der Waals surface area contributed by atoms with Gasteiger partial charge in [-0.05, 0) is 43.7 Å². The molecule has 2 saturated carbocycles. The fourth-order valence-corrected chi connectivity index (χ4v) is 7.16. The molecule has 1 aliphatic heterocycles. The number of carbonyl (C=O) groups excluding carboxylic acids is 2. The highest BCUT2D eigenvalue weighted by atomic mass is 32.2. The van der Waals surface area contributed by atoms with E-state index in [-0.39, 0.29) is 42.1 Å². The van der Waals surface area contributed by atoms with Gasteiger partial charge in [0.15, 0.2) is 11.0 Å². The van der Waals surface area contributed by atoms with Gasteiger partial charge in [0.2, 0.25) is 11.8 Å². The van der Waals surface area contributed by atoms with Crippen molar-refractivity contribution in [3.63, 3.8) is 0 Å². The number of imide groups is 1. The van der Waals surface area contributed by atoms with Crippen LogP contribution in [0.2, 0.25) is 0 Å². The average Bonchev–Trinajstić information content (AvgIpc) is 3.24. The highest BCUT2D eigenvalue weighted by Gasteiger charge is 2.64. The molecule has 2 aliphatic carbocycles. The molecule has 6 unspecified atom stereocenters. The minimum absolute atomic E-state index is 0.128. The van der Waals surface area contributed by atoms with E-state index in [0.717, 1.165) is 22.7 Å². The lowest BCUT2D eigenvalue weighted by atomic mass is 9.81. The zero-order valence-electron chi connectivity index (χ0n) is 14.0. The second-order valence-electron chi connectivity index (χ2n) is 7.11. The Bertz CT molecular complexity index is 735. The molecule has 2 bridgehead atoms. The number of amides is 2. The van der Waals surface area contributed by atoms with Crippen LogP contribution in [0, 0.1) is 30.6 Å². The summed E-state index contributed by atoms with van der Waals surface area (Å²) >= 11 is 1.70. The van der Waals surface area contributed by atoms with Gasteiger partial charge in [0, 0.05) is 11.0 Å². The second-order valence-corrected chi connectivity index (χ2v) is 9.79. The Labute approximate surface area is 153 Å². The van der Waals surface area contributed by atoms with Gasteiger partial charge in [0.1, 0.15) is 0 Å². The maximum absolute atomic E-state index is 12.9. The van der Waals surface area contributed by atoms with Gasteiger partial charge in [-0.15, -0.1) is 0 Å². The number of aliphatic hydroxyl groups excluding tert-OH is 1. The average molecular weight is 380 g/mol. The van der Waals surface area contributed by atoms with Crippen LogP contribution in [-0.4, -0.2) is 43.0 Å². The lowest BCUT2D eigenvalue weighted by molar-refractivity contribution is -0.134. The molecule has 1 heterocycles. The first-order valence-corrected chi connectivity index (χ1v) is 10.8. The quantitative estimate of drug-likeness (QED) is 0.789. The Hall–Kier alpha value is -1.18. The van der Waals surface area contributed by atoms with Gasteiger partial charge in [-0.25, -0.2) is 4.21 Å². The maximum atomic E-state index is 12.9. The number of rotatable bonds is 5. The van der Waals surface area contributed by atoms with E-state index >= 15 is 0 Å². The van der Waals surface area contributed by atoms with Crippen LogP contribution in [-0.2, 0) is 20.6 Å². The van der Waals surface area contributed by atoms with Crippen LogP contribution in [0.4, 0.5) is 0 Å². The number of nitrogens with zero attached hydrogens (tertiary/aromatic N) is 1. The van der Waals surface area contributed by atoms with E-state index in [1.165, 1.54) is 0 Å². The van der Waals surface area contributed by atoms with Crippen molar-refractivity contribution in [2.24, 2.45) is 23.7 Å². The van der Waals surface area contributed by atoms with Crippen LogP contribution < -0.4 is 0 Å². The number of hydrogen-bond acceptors (Lipinski definition) is 5. The number of aryl methyl sites for hydroxylation is 1. The predicted molar refractivity (Wildman–Crippen MR) is 96.0 cm³/mol. The monoisotopic (exact) mass is 379 g/mol. The van der Waals surface area contributed by atoms with Crippen LogP contribution in [0.15, 0.2) is 29.2 Å². The Morgan fingerprint density at radius 3 is 2.52 bits per heavy atom. The smallest absolute Gasteiger partial charge is 0.245 e. The Balaban J connectivity index is 1.57. The van der Waals surface area contributed by atoms with E-state index in [9.17, 15) is 13.8 Å². The highest BCUT2D eigenvalue weighted by Crippen LogP contribution is 2.59. The predicted octanol–water partition coefficient (Wildman–Crippen LogP) is 1.75. The Morgan fingerprint density at radius 2 is 1.84 bits per heavy atom. The summed E-state index contributed by atoms with van der Waals surface area (Å²) in [6, 6.07) is 7.11. The molecule has 2 amide bonds. The maximum Gasteiger partial charge on any atom is 0.245 e. The van der Waals surface area contributed by atoms with Crippen LogP contribution in [0.1, 0.15) is 18.4 Å². The minimum Gasteiger partial charge on any atom is -0.396 e. The van der Waals surface area contributed by atoms with Crippen LogP contribution >= 0.6 is 11.8 Å². The van der Waals surface area contributed by atoms with Gasteiger partial charge < -0.3 is 5.11 Å². The molecular formula is C18H21NO4S2. The fraction of sp³-hybridized carbons (Fsp3) is 0.556. The van der Waals surface area contributed by atoms with E-state index in [1.807, 2.05) is 19.1 Å². The highest BCUT2D eigenvalue weighted by molar-refractivity contribution is 7.99. The number of aliphatic hydroxyl groups is 1. The zero-order chi connectivity index (χ0) is 17.7. The summed E-state index contributed by atoms with van der Waals surface area (Å²) in [5.41, 5.74) is 1.04. The van der Waals surface area contributed by atoms with Crippen molar-refractivity contribution in [1.29, 1.82) is 0 Å². The van der Waals surface area contributed by atoms with Gasteiger partial charge in [-0.1, -0.05) is 17.7 Å². The lowest BCUT2D eigenvalue weighted by Gasteiger charge is -2.27. The summed E-state index contributed by atoms with van der Waals surface area (Å²) in [6.45, 7) is 2.06. The molecule has 3 fully saturated rings. The summed E-state index contributed by atoms with van der Waals surface area (Å²) in [4.78, 5) is 26.3. The summed E-state index contributed by atoms with van der Waals surface area (Å²) in [6.07, 6.45) is 1.82. The number of fused-ring (bicyclic) bond motifs is 5.